The number of ether oxygens (including phenoxy) is 1. The highest BCUT2D eigenvalue weighted by Gasteiger charge is 2.22. The Morgan fingerprint density at radius 3 is 2.88 bits per heavy atom. The van der Waals surface area contributed by atoms with Gasteiger partial charge in [0.2, 0.25) is 5.95 Å². The molecule has 1 aromatic heterocycles. The van der Waals surface area contributed by atoms with Crippen molar-refractivity contribution in [1.29, 1.82) is 0 Å². The number of nitrogens with one attached hydrogen (secondary N) is 1. The summed E-state index contributed by atoms with van der Waals surface area (Å²) in [5, 5.41) is 12.1. The van der Waals surface area contributed by atoms with Gasteiger partial charge in [-0.25, -0.2) is 9.37 Å². The van der Waals surface area contributed by atoms with Crippen LogP contribution in [0.25, 0.3) is 0 Å². The fourth-order valence-electron chi connectivity index (χ4n) is 3.03. The van der Waals surface area contributed by atoms with Crippen LogP contribution in [0.15, 0.2) is 30.3 Å². The molecule has 2 N–H and O–H groups in total. The highest BCUT2D eigenvalue weighted by Crippen LogP contribution is 2.28. The Hall–Kier alpha value is -2.25. The van der Waals surface area contributed by atoms with E-state index in [9.17, 15) is 4.39 Å². The molecule has 1 atom stereocenters. The van der Waals surface area contributed by atoms with Crippen LogP contribution >= 0.6 is 0 Å². The van der Waals surface area contributed by atoms with Crippen molar-refractivity contribution in [2.45, 2.75) is 25.8 Å². The van der Waals surface area contributed by atoms with Crippen LogP contribution in [0.4, 0.5) is 16.2 Å². The summed E-state index contributed by atoms with van der Waals surface area (Å²) in [6.07, 6.45) is 0.926. The van der Waals surface area contributed by atoms with Crippen LogP contribution in [0.2, 0.25) is 0 Å². The highest BCUT2D eigenvalue weighted by molar-refractivity contribution is 5.46. The van der Waals surface area contributed by atoms with E-state index in [1.165, 1.54) is 6.07 Å². The smallest absolute Gasteiger partial charge is 0.224 e. The number of aromatic nitrogens is 2. The number of nitrogens with zero attached hydrogens (tertiary/aromatic N) is 3. The number of hydrogen-bond acceptors (Lipinski definition) is 6. The summed E-state index contributed by atoms with van der Waals surface area (Å²) in [6, 6.07) is 8.75. The van der Waals surface area contributed by atoms with Gasteiger partial charge < -0.3 is 20.1 Å². The second-order valence-electron chi connectivity index (χ2n) is 6.29. The van der Waals surface area contributed by atoms with Crippen LogP contribution in [0.5, 0.6) is 0 Å². The van der Waals surface area contributed by atoms with E-state index in [0.29, 0.717) is 37.8 Å². The molecule has 0 radical (unpaired) electrons. The molecule has 7 heteroatoms. The lowest BCUT2D eigenvalue weighted by Gasteiger charge is -2.24. The average Bonchev–Trinajstić information content (AvgIpc) is 3.20. The Labute approximate surface area is 153 Å². The predicted octanol–water partition coefficient (Wildman–Crippen LogP) is 2.55. The van der Waals surface area contributed by atoms with Crippen molar-refractivity contribution in [1.82, 2.24) is 9.97 Å². The number of aliphatic hydroxyl groups is 1. The van der Waals surface area contributed by atoms with E-state index in [1.54, 1.807) is 12.1 Å². The third kappa shape index (κ3) is 4.47. The van der Waals surface area contributed by atoms with Crippen molar-refractivity contribution in [2.24, 2.45) is 0 Å². The second kappa shape index (κ2) is 8.91. The van der Waals surface area contributed by atoms with E-state index in [0.717, 1.165) is 24.5 Å². The summed E-state index contributed by atoms with van der Waals surface area (Å²) in [6.45, 7) is 4.89. The minimum atomic E-state index is -0.219. The minimum absolute atomic E-state index is 0.00216. The van der Waals surface area contributed by atoms with Gasteiger partial charge in [-0.2, -0.15) is 4.98 Å². The van der Waals surface area contributed by atoms with Crippen LogP contribution < -0.4 is 10.2 Å². The van der Waals surface area contributed by atoms with Crippen LogP contribution in [0.3, 0.4) is 0 Å². The number of anilines is 2. The molecule has 1 aliphatic rings. The van der Waals surface area contributed by atoms with E-state index < -0.39 is 0 Å². The largest absolute Gasteiger partial charge is 0.395 e. The first-order valence-corrected chi connectivity index (χ1v) is 9.01. The topological polar surface area (TPSA) is 70.5 Å². The molecule has 2 heterocycles. The van der Waals surface area contributed by atoms with E-state index in [1.807, 2.05) is 24.0 Å². The summed E-state index contributed by atoms with van der Waals surface area (Å²) in [5.74, 6) is 1.24. The molecule has 0 unspecified atom stereocenters. The molecule has 1 fully saturated rings. The molecule has 26 heavy (non-hydrogen) atoms. The van der Waals surface area contributed by atoms with Gasteiger partial charge in [-0.1, -0.05) is 18.2 Å². The summed E-state index contributed by atoms with van der Waals surface area (Å²) < 4.78 is 19.5. The van der Waals surface area contributed by atoms with Crippen molar-refractivity contribution in [3.63, 3.8) is 0 Å². The molecule has 1 aromatic carbocycles. The third-order valence-electron chi connectivity index (χ3n) is 4.50. The van der Waals surface area contributed by atoms with Crippen LogP contribution in [0.1, 0.15) is 30.5 Å². The molecular weight excluding hydrogens is 335 g/mol. The fourth-order valence-corrected chi connectivity index (χ4v) is 3.03. The van der Waals surface area contributed by atoms with Crippen molar-refractivity contribution in [3.8, 4) is 0 Å². The molecule has 0 amide bonds. The maximum absolute atomic E-state index is 14.1. The van der Waals surface area contributed by atoms with Gasteiger partial charge in [-0.05, 0) is 19.4 Å². The van der Waals surface area contributed by atoms with Crippen molar-refractivity contribution >= 4 is 11.8 Å². The first kappa shape index (κ1) is 18.5. The SMILES string of the molecule is CCN(Cc1ccccc1F)c1cc([C@H]2CCOC2)nc(NCCO)n1. The molecule has 0 aliphatic carbocycles. The zero-order valence-electron chi connectivity index (χ0n) is 15.0. The summed E-state index contributed by atoms with van der Waals surface area (Å²) in [4.78, 5) is 11.2. The van der Waals surface area contributed by atoms with Crippen molar-refractivity contribution in [2.75, 3.05) is 43.1 Å². The van der Waals surface area contributed by atoms with Crippen molar-refractivity contribution in [3.05, 3.63) is 47.4 Å². The highest BCUT2D eigenvalue weighted by atomic mass is 19.1. The second-order valence-corrected chi connectivity index (χ2v) is 6.29. The van der Waals surface area contributed by atoms with Gasteiger partial charge in [-0.3, -0.25) is 0 Å². The zero-order valence-corrected chi connectivity index (χ0v) is 15.0. The normalized spacial score (nSPS) is 16.7. The Morgan fingerprint density at radius 1 is 1.35 bits per heavy atom. The molecule has 0 bridgehead atoms. The Bertz CT molecular complexity index is 722. The third-order valence-corrected chi connectivity index (χ3v) is 4.50. The maximum atomic E-state index is 14.1. The Kier molecular flexibility index (Phi) is 6.35. The number of rotatable bonds is 8. The van der Waals surface area contributed by atoms with Crippen LogP contribution in [0, 0.1) is 5.82 Å². The van der Waals surface area contributed by atoms with E-state index in [4.69, 9.17) is 9.84 Å². The molecule has 1 saturated heterocycles. The van der Waals surface area contributed by atoms with Gasteiger partial charge in [0, 0.05) is 43.8 Å². The fraction of sp³-hybridized carbons (Fsp3) is 0.474. The lowest BCUT2D eigenvalue weighted by molar-refractivity contribution is 0.193. The number of aliphatic hydroxyl groups excluding tert-OH is 1. The summed E-state index contributed by atoms with van der Waals surface area (Å²) in [7, 11) is 0. The molecule has 1 aliphatic heterocycles. The molecule has 0 saturated carbocycles. The standard InChI is InChI=1S/C19H25FN4O2/c1-2-24(12-14-5-3-4-6-16(14)20)18-11-17(15-7-10-26-13-15)22-19(23-18)21-8-9-25/h3-6,11,15,25H,2,7-10,12-13H2,1H3,(H,21,22,23)/t15-/m0/s1. The molecule has 2 aromatic rings. The van der Waals surface area contributed by atoms with Crippen molar-refractivity contribution < 1.29 is 14.2 Å². The van der Waals surface area contributed by atoms with Gasteiger partial charge in [0.1, 0.15) is 11.6 Å². The van der Waals surface area contributed by atoms with E-state index in [2.05, 4.69) is 15.3 Å². The van der Waals surface area contributed by atoms with Gasteiger partial charge in [0.25, 0.3) is 0 Å². The van der Waals surface area contributed by atoms with E-state index in [-0.39, 0.29) is 18.3 Å². The zero-order chi connectivity index (χ0) is 18.4. The number of halogens is 1. The summed E-state index contributed by atoms with van der Waals surface area (Å²) >= 11 is 0. The monoisotopic (exact) mass is 360 g/mol. The van der Waals surface area contributed by atoms with E-state index >= 15 is 0 Å². The van der Waals surface area contributed by atoms with Crippen LogP contribution in [-0.2, 0) is 11.3 Å². The lowest BCUT2D eigenvalue weighted by atomic mass is 10.0. The molecular formula is C19H25FN4O2. The quantitative estimate of drug-likeness (QED) is 0.754. The predicted molar refractivity (Wildman–Crippen MR) is 98.9 cm³/mol. The summed E-state index contributed by atoms with van der Waals surface area (Å²) in [5.41, 5.74) is 1.54. The maximum Gasteiger partial charge on any atom is 0.224 e. The van der Waals surface area contributed by atoms with Gasteiger partial charge in [0.15, 0.2) is 0 Å². The minimum Gasteiger partial charge on any atom is -0.395 e. The first-order valence-electron chi connectivity index (χ1n) is 9.01. The average molecular weight is 360 g/mol. The molecule has 140 valence electrons. The lowest BCUT2D eigenvalue weighted by Crippen LogP contribution is -2.25. The van der Waals surface area contributed by atoms with Gasteiger partial charge in [-0.15, -0.1) is 0 Å². The van der Waals surface area contributed by atoms with Gasteiger partial charge in [0.05, 0.1) is 18.9 Å². The molecule has 6 nitrogen and oxygen atoms in total. The van der Waals surface area contributed by atoms with Gasteiger partial charge >= 0.3 is 0 Å². The van der Waals surface area contributed by atoms with Crippen LogP contribution in [-0.4, -0.2) is 48.0 Å². The Morgan fingerprint density at radius 2 is 2.19 bits per heavy atom. The molecule has 0 spiro atoms. The molecule has 3 rings (SSSR count). The number of benzene rings is 1. The number of hydrogen-bond donors (Lipinski definition) is 2. The Balaban J connectivity index is 1.89. The first-order chi connectivity index (χ1) is 12.7.